The minimum atomic E-state index is -1.68. The first-order valence-electron chi connectivity index (χ1n) is 14.1. The summed E-state index contributed by atoms with van der Waals surface area (Å²) in [5, 5.41) is 11.0. The zero-order valence-corrected chi connectivity index (χ0v) is 29.0. The second-order valence-electron chi connectivity index (χ2n) is 11.9. The van der Waals surface area contributed by atoms with E-state index in [4.69, 9.17) is 7.80 Å². The number of allylic oxidation sites excluding steroid dienone is 2. The molecule has 40 heavy (non-hydrogen) atoms. The van der Waals surface area contributed by atoms with E-state index in [2.05, 4.69) is 27.0 Å². The second-order valence-corrected chi connectivity index (χ2v) is 24.8. The number of carbonyl (C=O) groups is 2. The van der Waals surface area contributed by atoms with Crippen molar-refractivity contribution in [3.63, 3.8) is 0 Å². The van der Waals surface area contributed by atoms with E-state index in [1.165, 1.54) is 5.57 Å². The van der Waals surface area contributed by atoms with Crippen molar-refractivity contribution in [3.8, 4) is 0 Å². The van der Waals surface area contributed by atoms with Gasteiger partial charge in [0.1, 0.15) is 0 Å². The number of carbonyl (C=O) groups excluding carboxylic acids is 2. The first-order valence-corrected chi connectivity index (χ1v) is 23.4. The van der Waals surface area contributed by atoms with E-state index in [1.54, 1.807) is 6.92 Å². The van der Waals surface area contributed by atoms with Crippen molar-refractivity contribution in [3.05, 3.63) is 66.3 Å². The fourth-order valence-electron chi connectivity index (χ4n) is 5.53. The van der Waals surface area contributed by atoms with Gasteiger partial charge in [-0.15, -0.1) is 0 Å². The molecular weight excluding hydrogens is 732 g/mol. The SMILES string of the molecule is C=C[C@@H]1CC(c2ccccc2)=C(C)[C@H]1OC(=O)C[C@H](OI1N[I-]1)C(C)(C)C(=O)[C@H](C)[C@@H](O)[C@@H](C)CCCC(=C)C. The van der Waals surface area contributed by atoms with Crippen LogP contribution in [0.1, 0.15) is 79.2 Å². The number of halogens is 2. The van der Waals surface area contributed by atoms with Crippen LogP contribution in [0.4, 0.5) is 0 Å². The first kappa shape index (κ1) is 33.4. The van der Waals surface area contributed by atoms with Gasteiger partial charge in [0.25, 0.3) is 0 Å². The standard InChI is InChI=1S/C32H46I2NO5/c1-9-24-18-26(25-16-11-10-12-17-25)22(5)30(24)39-28(36)19-27(40-34-33-35-34)32(7,8)31(38)23(6)29(37)21(4)15-13-14-20(2)3/h9-12,16-17,21,23-24,27,29-30,35,37H,1-2,13-15,18-19H2,3-8H3/q-1/t21-,23+,24+,27-,29-,30+/m0/s1. The molecular formula is C32H46I2NO5-. The quantitative estimate of drug-likeness (QED) is 0.0861. The monoisotopic (exact) mass is 778 g/mol. The summed E-state index contributed by atoms with van der Waals surface area (Å²) in [5.74, 6) is -1.03. The van der Waals surface area contributed by atoms with Crippen LogP contribution in [0.5, 0.6) is 0 Å². The molecule has 0 aromatic heterocycles. The zero-order valence-electron chi connectivity index (χ0n) is 24.7. The van der Waals surface area contributed by atoms with Crippen molar-refractivity contribution in [2.45, 2.75) is 92.0 Å². The summed E-state index contributed by atoms with van der Waals surface area (Å²) >= 11 is -1.80. The zero-order chi connectivity index (χ0) is 29.6. The summed E-state index contributed by atoms with van der Waals surface area (Å²) in [7, 11) is 0. The van der Waals surface area contributed by atoms with Crippen LogP contribution >= 0.6 is 16.5 Å². The molecule has 6 nitrogen and oxygen atoms in total. The third kappa shape index (κ3) is 8.72. The van der Waals surface area contributed by atoms with Crippen LogP contribution in [0.15, 0.2) is 60.7 Å². The maximum atomic E-state index is 13.8. The van der Waals surface area contributed by atoms with Gasteiger partial charge in [0, 0.05) is 0 Å². The Kier molecular flexibility index (Phi) is 12.4. The van der Waals surface area contributed by atoms with Crippen LogP contribution in [-0.4, -0.2) is 35.2 Å². The third-order valence-electron chi connectivity index (χ3n) is 8.29. The molecule has 0 spiro atoms. The fourth-order valence-corrected chi connectivity index (χ4v) is 13.2. The van der Waals surface area contributed by atoms with E-state index in [0.717, 1.165) is 42.4 Å². The number of aliphatic hydroxyl groups is 1. The Morgan fingerprint density at radius 2 is 1.93 bits per heavy atom. The second kappa shape index (κ2) is 14.9. The predicted molar refractivity (Wildman–Crippen MR) is 166 cm³/mol. The van der Waals surface area contributed by atoms with Gasteiger partial charge < -0.3 is 0 Å². The summed E-state index contributed by atoms with van der Waals surface area (Å²) in [6, 6.07) is 10.2. The Morgan fingerprint density at radius 1 is 1.27 bits per heavy atom. The van der Waals surface area contributed by atoms with E-state index < -0.39 is 40.1 Å². The fraction of sp³-hybridized carbons (Fsp3) is 0.562. The molecule has 2 N–H and O–H groups in total. The van der Waals surface area contributed by atoms with Crippen LogP contribution in [0.2, 0.25) is 0 Å². The van der Waals surface area contributed by atoms with E-state index in [1.807, 2.05) is 58.9 Å². The Balaban J connectivity index is 1.71. The van der Waals surface area contributed by atoms with Gasteiger partial charge in [-0.25, -0.2) is 0 Å². The van der Waals surface area contributed by atoms with Gasteiger partial charge in [-0.1, -0.05) is 0 Å². The summed E-state index contributed by atoms with van der Waals surface area (Å²) in [6.45, 7) is 19.5. The molecule has 1 heterocycles. The molecule has 8 heteroatoms. The number of hydrogen-bond acceptors (Lipinski definition) is 6. The Bertz CT molecular complexity index is 1100. The van der Waals surface area contributed by atoms with Crippen LogP contribution in [0.25, 0.3) is 5.57 Å². The Morgan fingerprint density at radius 3 is 2.50 bits per heavy atom. The van der Waals surface area contributed by atoms with Gasteiger partial charge in [0.15, 0.2) is 0 Å². The van der Waals surface area contributed by atoms with E-state index in [0.29, 0.717) is 0 Å². The number of nitrogens with one attached hydrogen (secondary N) is 1. The predicted octanol–water partition coefficient (Wildman–Crippen LogP) is 4.19. The molecule has 0 bridgehead atoms. The van der Waals surface area contributed by atoms with Crippen molar-refractivity contribution in [1.29, 1.82) is 0 Å². The van der Waals surface area contributed by atoms with Gasteiger partial charge >= 0.3 is 257 Å². The molecule has 2 aliphatic rings. The molecule has 0 radical (unpaired) electrons. The average molecular weight is 779 g/mol. The van der Waals surface area contributed by atoms with Gasteiger partial charge in [0.2, 0.25) is 0 Å². The number of esters is 1. The molecule has 0 amide bonds. The number of benzene rings is 1. The van der Waals surface area contributed by atoms with Crippen molar-refractivity contribution < 1.29 is 40.0 Å². The molecule has 1 aliphatic heterocycles. The van der Waals surface area contributed by atoms with Crippen molar-refractivity contribution in [2.24, 2.45) is 23.2 Å². The third-order valence-corrected chi connectivity index (χ3v) is 16.4. The molecule has 6 atom stereocenters. The van der Waals surface area contributed by atoms with Crippen LogP contribution < -0.4 is 19.2 Å². The van der Waals surface area contributed by atoms with Gasteiger partial charge in [-0.05, 0) is 0 Å². The molecule has 1 aromatic carbocycles. The summed E-state index contributed by atoms with van der Waals surface area (Å²) in [4.78, 5) is 27.2. The number of Topliss-reactive ketones (excluding diaryl/α,β-unsaturated/α-hetero) is 1. The normalized spacial score (nSPS) is 23.0. The number of rotatable bonds is 16. The number of aliphatic hydroxyl groups excluding tert-OH is 1. The minimum absolute atomic E-state index is 0.00115. The number of ether oxygens (including phenoxy) is 1. The van der Waals surface area contributed by atoms with Gasteiger partial charge in [-0.2, -0.15) is 0 Å². The first-order chi connectivity index (χ1) is 18.9. The average Bonchev–Trinajstić information content (AvgIpc) is 3.69. The molecule has 0 saturated carbocycles. The summed E-state index contributed by atoms with van der Waals surface area (Å²) in [6.07, 6.45) is 3.58. The summed E-state index contributed by atoms with van der Waals surface area (Å²) < 4.78 is 15.8. The molecule has 1 aliphatic carbocycles. The Hall–Kier alpha value is -1.08. The van der Waals surface area contributed by atoms with E-state index >= 15 is 0 Å². The van der Waals surface area contributed by atoms with Crippen molar-refractivity contribution in [1.82, 2.24) is 1.74 Å². The molecule has 0 unspecified atom stereocenters. The van der Waals surface area contributed by atoms with Crippen molar-refractivity contribution >= 4 is 33.9 Å². The number of ketones is 1. The van der Waals surface area contributed by atoms with E-state index in [-0.39, 0.29) is 53.6 Å². The van der Waals surface area contributed by atoms with Crippen molar-refractivity contribution in [2.75, 3.05) is 0 Å². The maximum absolute atomic E-state index is 13.8. The summed E-state index contributed by atoms with van der Waals surface area (Å²) in [5.41, 5.74) is 3.54. The van der Waals surface area contributed by atoms with Gasteiger partial charge in [0.05, 0.1) is 0 Å². The molecule has 3 rings (SSSR count). The Labute approximate surface area is 255 Å². The molecule has 1 aromatic rings. The van der Waals surface area contributed by atoms with Crippen LogP contribution in [0.3, 0.4) is 0 Å². The van der Waals surface area contributed by atoms with Gasteiger partial charge in [-0.3, -0.25) is 0 Å². The number of hydrogen-bond donors (Lipinski definition) is 2. The molecule has 224 valence electrons. The van der Waals surface area contributed by atoms with Crippen LogP contribution in [0, 0.1) is 23.2 Å². The topological polar surface area (TPSA) is 94.8 Å². The molecule has 1 fully saturated rings. The van der Waals surface area contributed by atoms with Crippen LogP contribution in [-0.2, 0) is 17.4 Å². The van der Waals surface area contributed by atoms with E-state index in [9.17, 15) is 14.7 Å². The molecule has 1 saturated heterocycles.